The molecule has 2 rings (SSSR count). The molecule has 0 unspecified atom stereocenters. The number of rotatable bonds is 5. The molecule has 0 saturated heterocycles. The van der Waals surface area contributed by atoms with Crippen molar-refractivity contribution in [3.05, 3.63) is 65.5 Å². The maximum atomic E-state index is 12.9. The van der Waals surface area contributed by atoms with Gasteiger partial charge in [0.1, 0.15) is 5.60 Å². The average molecular weight is 338 g/mol. The van der Waals surface area contributed by atoms with Gasteiger partial charge in [-0.1, -0.05) is 30.3 Å². The van der Waals surface area contributed by atoms with Crippen LogP contribution in [0.1, 0.15) is 28.5 Å². The van der Waals surface area contributed by atoms with Crippen molar-refractivity contribution in [3.63, 3.8) is 0 Å². The van der Waals surface area contributed by atoms with Crippen LogP contribution >= 0.6 is 0 Å². The van der Waals surface area contributed by atoms with Crippen LogP contribution in [0.5, 0.6) is 0 Å². The topological polar surface area (TPSA) is 51.2 Å². The number of aromatic nitrogens is 1. The molecular weight excluding hydrogens is 321 g/mol. The number of benzene rings is 1. The molecule has 0 fully saturated rings. The first-order valence-corrected chi connectivity index (χ1v) is 7.19. The molecule has 0 aliphatic carbocycles. The second kappa shape index (κ2) is 7.00. The molecule has 1 atom stereocenters. The zero-order chi connectivity index (χ0) is 17.8. The highest BCUT2D eigenvalue weighted by Gasteiger charge is 2.37. The third kappa shape index (κ3) is 3.91. The fourth-order valence-electron chi connectivity index (χ4n) is 2.24. The normalized spacial score (nSPS) is 14.0. The molecule has 2 aromatic rings. The predicted molar refractivity (Wildman–Crippen MR) is 82.4 cm³/mol. The summed E-state index contributed by atoms with van der Waals surface area (Å²) in [7, 11) is 1.48. The van der Waals surface area contributed by atoms with E-state index in [4.69, 9.17) is 4.74 Å². The molecular formula is C17H17F3N2O2. The number of pyridine rings is 1. The number of halogens is 3. The van der Waals surface area contributed by atoms with E-state index in [0.717, 1.165) is 17.8 Å². The molecule has 0 aliphatic rings. The SMILES string of the molecule is CO[C@](C)(CNC(=O)c1cccnc1C(F)(F)F)c1ccccc1. The average Bonchev–Trinajstić information content (AvgIpc) is 2.59. The van der Waals surface area contributed by atoms with Gasteiger partial charge < -0.3 is 10.1 Å². The zero-order valence-corrected chi connectivity index (χ0v) is 13.2. The van der Waals surface area contributed by atoms with E-state index >= 15 is 0 Å². The molecule has 128 valence electrons. The number of methoxy groups -OCH3 is 1. The smallest absolute Gasteiger partial charge is 0.372 e. The van der Waals surface area contributed by atoms with E-state index < -0.39 is 28.9 Å². The first-order valence-electron chi connectivity index (χ1n) is 7.19. The summed E-state index contributed by atoms with van der Waals surface area (Å²) < 4.78 is 44.3. The predicted octanol–water partition coefficient (Wildman–Crippen LogP) is 3.39. The molecule has 0 spiro atoms. The second-order valence-electron chi connectivity index (χ2n) is 5.38. The van der Waals surface area contributed by atoms with Crippen molar-refractivity contribution in [1.29, 1.82) is 0 Å². The molecule has 0 aliphatic heterocycles. The summed E-state index contributed by atoms with van der Waals surface area (Å²) in [6.07, 6.45) is -3.69. The van der Waals surface area contributed by atoms with Crippen LogP contribution < -0.4 is 5.32 Å². The molecule has 1 aromatic heterocycles. The van der Waals surface area contributed by atoms with Gasteiger partial charge >= 0.3 is 6.18 Å². The number of hydrogen-bond acceptors (Lipinski definition) is 3. The largest absolute Gasteiger partial charge is 0.434 e. The lowest BCUT2D eigenvalue weighted by Gasteiger charge is -2.29. The Labute approximate surface area is 137 Å². The van der Waals surface area contributed by atoms with E-state index in [1.54, 1.807) is 6.92 Å². The third-order valence-electron chi connectivity index (χ3n) is 3.74. The maximum absolute atomic E-state index is 12.9. The van der Waals surface area contributed by atoms with Crippen LogP contribution in [0.4, 0.5) is 13.2 Å². The Hall–Kier alpha value is -2.41. The first-order chi connectivity index (χ1) is 11.3. The fourth-order valence-corrected chi connectivity index (χ4v) is 2.24. The van der Waals surface area contributed by atoms with Gasteiger partial charge in [-0.3, -0.25) is 9.78 Å². The number of hydrogen-bond donors (Lipinski definition) is 1. The Morgan fingerprint density at radius 3 is 2.42 bits per heavy atom. The highest BCUT2D eigenvalue weighted by molar-refractivity contribution is 5.95. The highest BCUT2D eigenvalue weighted by Crippen LogP contribution is 2.30. The Morgan fingerprint density at radius 2 is 1.83 bits per heavy atom. The molecule has 1 N–H and O–H groups in total. The van der Waals surface area contributed by atoms with E-state index in [1.807, 2.05) is 30.3 Å². The van der Waals surface area contributed by atoms with Crippen LogP contribution in [0.15, 0.2) is 48.7 Å². The third-order valence-corrected chi connectivity index (χ3v) is 3.74. The van der Waals surface area contributed by atoms with Gasteiger partial charge in [-0.05, 0) is 24.6 Å². The summed E-state index contributed by atoms with van der Waals surface area (Å²) in [5.74, 6) is -0.852. The van der Waals surface area contributed by atoms with Gasteiger partial charge in [0.05, 0.1) is 12.1 Å². The fraction of sp³-hybridized carbons (Fsp3) is 0.294. The van der Waals surface area contributed by atoms with E-state index in [-0.39, 0.29) is 6.54 Å². The lowest BCUT2D eigenvalue weighted by Crippen LogP contribution is -2.40. The monoisotopic (exact) mass is 338 g/mol. The maximum Gasteiger partial charge on any atom is 0.434 e. The standard InChI is InChI=1S/C17H17F3N2O2/c1-16(24-2,12-7-4-3-5-8-12)11-22-15(23)13-9-6-10-21-14(13)17(18,19)20/h3-10H,11H2,1-2H3,(H,22,23)/t16-/m1/s1. The van der Waals surface area contributed by atoms with E-state index in [1.165, 1.54) is 13.2 Å². The van der Waals surface area contributed by atoms with E-state index in [0.29, 0.717) is 0 Å². The van der Waals surface area contributed by atoms with Crippen molar-refractivity contribution in [2.75, 3.05) is 13.7 Å². The summed E-state index contributed by atoms with van der Waals surface area (Å²) in [4.78, 5) is 15.5. The molecule has 24 heavy (non-hydrogen) atoms. The first kappa shape index (κ1) is 17.9. The minimum Gasteiger partial charge on any atom is -0.372 e. The second-order valence-corrected chi connectivity index (χ2v) is 5.38. The van der Waals surface area contributed by atoms with Gasteiger partial charge in [-0.2, -0.15) is 13.2 Å². The molecule has 0 radical (unpaired) electrons. The Morgan fingerprint density at radius 1 is 1.17 bits per heavy atom. The van der Waals surface area contributed by atoms with Crippen LogP contribution in [-0.4, -0.2) is 24.5 Å². The molecule has 1 amide bonds. The number of amides is 1. The minimum absolute atomic E-state index is 0.0124. The quantitative estimate of drug-likeness (QED) is 0.909. The molecule has 0 bridgehead atoms. The number of carbonyl (C=O) groups is 1. The summed E-state index contributed by atoms with van der Waals surface area (Å²) in [6, 6.07) is 11.5. The Balaban J connectivity index is 2.19. The number of nitrogens with zero attached hydrogens (tertiary/aromatic N) is 1. The number of ether oxygens (including phenoxy) is 1. The Bertz CT molecular complexity index is 704. The van der Waals surface area contributed by atoms with Gasteiger partial charge in [0.25, 0.3) is 5.91 Å². The lowest BCUT2D eigenvalue weighted by molar-refractivity contribution is -0.141. The van der Waals surface area contributed by atoms with Gasteiger partial charge in [-0.25, -0.2) is 0 Å². The van der Waals surface area contributed by atoms with Crippen LogP contribution in [0, 0.1) is 0 Å². The zero-order valence-electron chi connectivity index (χ0n) is 13.2. The van der Waals surface area contributed by atoms with Crippen LogP contribution in [0.3, 0.4) is 0 Å². The van der Waals surface area contributed by atoms with Crippen LogP contribution in [0.2, 0.25) is 0 Å². The van der Waals surface area contributed by atoms with Gasteiger partial charge in [0, 0.05) is 13.3 Å². The van der Waals surface area contributed by atoms with Crippen LogP contribution in [0.25, 0.3) is 0 Å². The van der Waals surface area contributed by atoms with Crippen molar-refractivity contribution in [2.24, 2.45) is 0 Å². The lowest BCUT2D eigenvalue weighted by atomic mass is 9.95. The summed E-state index contributed by atoms with van der Waals surface area (Å²) in [5.41, 5.74) is -1.79. The summed E-state index contributed by atoms with van der Waals surface area (Å²) >= 11 is 0. The van der Waals surface area contributed by atoms with Crippen molar-refractivity contribution in [3.8, 4) is 0 Å². The molecule has 1 aromatic carbocycles. The van der Waals surface area contributed by atoms with E-state index in [2.05, 4.69) is 10.3 Å². The van der Waals surface area contributed by atoms with Gasteiger partial charge in [0.15, 0.2) is 5.69 Å². The number of carbonyl (C=O) groups excluding carboxylic acids is 1. The summed E-state index contributed by atoms with van der Waals surface area (Å²) in [6.45, 7) is 1.76. The number of nitrogens with one attached hydrogen (secondary N) is 1. The van der Waals surface area contributed by atoms with Crippen LogP contribution in [-0.2, 0) is 16.5 Å². The van der Waals surface area contributed by atoms with Crippen molar-refractivity contribution in [2.45, 2.75) is 18.7 Å². The van der Waals surface area contributed by atoms with Crippen molar-refractivity contribution < 1.29 is 22.7 Å². The number of alkyl halides is 3. The van der Waals surface area contributed by atoms with Gasteiger partial charge in [0.2, 0.25) is 0 Å². The minimum atomic E-state index is -4.70. The van der Waals surface area contributed by atoms with Crippen molar-refractivity contribution in [1.82, 2.24) is 10.3 Å². The molecule has 4 nitrogen and oxygen atoms in total. The Kier molecular flexibility index (Phi) is 5.23. The summed E-state index contributed by atoms with van der Waals surface area (Å²) in [5, 5.41) is 2.50. The van der Waals surface area contributed by atoms with E-state index in [9.17, 15) is 18.0 Å². The molecule has 0 saturated carbocycles. The van der Waals surface area contributed by atoms with Crippen molar-refractivity contribution >= 4 is 5.91 Å². The highest BCUT2D eigenvalue weighted by atomic mass is 19.4. The van der Waals surface area contributed by atoms with Gasteiger partial charge in [-0.15, -0.1) is 0 Å². The molecule has 1 heterocycles. The molecule has 7 heteroatoms.